The van der Waals surface area contributed by atoms with Crippen molar-refractivity contribution in [1.29, 1.82) is 0 Å². The van der Waals surface area contributed by atoms with E-state index in [1.807, 2.05) is 30.3 Å². The molecule has 0 N–H and O–H groups in total. The highest BCUT2D eigenvalue weighted by Crippen LogP contribution is 2.38. The monoisotopic (exact) mass is 410 g/mol. The summed E-state index contributed by atoms with van der Waals surface area (Å²) in [7, 11) is 3.37. The van der Waals surface area contributed by atoms with E-state index < -0.39 is 0 Å². The number of hydrogen-bond acceptors (Lipinski definition) is 6. The number of aromatic nitrogens is 1. The average molecular weight is 411 g/mol. The quantitative estimate of drug-likeness (QED) is 0.537. The van der Waals surface area contributed by atoms with Crippen LogP contribution in [-0.4, -0.2) is 43.5 Å². The molecule has 2 heterocycles. The summed E-state index contributed by atoms with van der Waals surface area (Å²) < 4.78 is 11.7. The highest BCUT2D eigenvalue weighted by Gasteiger charge is 2.31. The molecule has 152 valence electrons. The highest BCUT2D eigenvalue weighted by atomic mass is 32.1. The lowest BCUT2D eigenvalue weighted by atomic mass is 9.92. The van der Waals surface area contributed by atoms with Gasteiger partial charge in [0.2, 0.25) is 0 Å². The van der Waals surface area contributed by atoms with Crippen molar-refractivity contribution in [2.24, 2.45) is 5.92 Å². The number of benzene rings is 2. The summed E-state index contributed by atoms with van der Waals surface area (Å²) in [4.78, 5) is 18.9. The molecule has 1 aliphatic heterocycles. The summed E-state index contributed by atoms with van der Waals surface area (Å²) in [5.41, 5.74) is 2.28. The third kappa shape index (κ3) is 4.43. The van der Waals surface area contributed by atoms with Crippen LogP contribution in [0.25, 0.3) is 10.2 Å². The fourth-order valence-corrected chi connectivity index (χ4v) is 5.09. The zero-order valence-corrected chi connectivity index (χ0v) is 17.7. The van der Waals surface area contributed by atoms with Gasteiger partial charge in [0.15, 0.2) is 0 Å². The molecule has 5 nitrogen and oxygen atoms in total. The Hall–Kier alpha value is -2.44. The second-order valence-electron chi connectivity index (χ2n) is 7.46. The smallest absolute Gasteiger partial charge is 0.123 e. The molecule has 0 aliphatic carbocycles. The van der Waals surface area contributed by atoms with Crippen LogP contribution in [0, 0.1) is 5.92 Å². The lowest BCUT2D eigenvalue weighted by molar-refractivity contribution is -0.113. The van der Waals surface area contributed by atoms with Crippen LogP contribution < -0.4 is 9.47 Å². The standard InChI is InChI=1S/C23H26N2O3S/c1-27-18-5-3-16(4-6-18)9-11-25-12-10-17(15-26)13-21(25)23-24-20-8-7-19(28-2)14-22(20)29-23/h3-8,14-15,17,21H,9-13H2,1-2H3. The second-order valence-corrected chi connectivity index (χ2v) is 8.52. The van der Waals surface area contributed by atoms with Gasteiger partial charge in [-0.1, -0.05) is 12.1 Å². The Morgan fingerprint density at radius 1 is 1.14 bits per heavy atom. The van der Waals surface area contributed by atoms with Gasteiger partial charge >= 0.3 is 0 Å². The van der Waals surface area contributed by atoms with Crippen LogP contribution in [0.15, 0.2) is 42.5 Å². The molecule has 2 unspecified atom stereocenters. The molecule has 0 spiro atoms. The summed E-state index contributed by atoms with van der Waals surface area (Å²) in [6, 6.07) is 14.4. The number of piperidine rings is 1. The number of hydrogen-bond donors (Lipinski definition) is 0. The Morgan fingerprint density at radius 3 is 2.62 bits per heavy atom. The molecule has 29 heavy (non-hydrogen) atoms. The number of ether oxygens (including phenoxy) is 2. The Balaban J connectivity index is 1.54. The molecular weight excluding hydrogens is 384 g/mol. The molecule has 3 aromatic rings. The van der Waals surface area contributed by atoms with E-state index in [0.717, 1.165) is 65.4 Å². The first-order valence-corrected chi connectivity index (χ1v) is 10.8. The predicted molar refractivity (Wildman–Crippen MR) is 116 cm³/mol. The molecular formula is C23H26N2O3S. The lowest BCUT2D eigenvalue weighted by Crippen LogP contribution is -2.38. The maximum atomic E-state index is 11.5. The molecule has 1 aliphatic rings. The maximum Gasteiger partial charge on any atom is 0.123 e. The fourth-order valence-electron chi connectivity index (χ4n) is 3.95. The minimum atomic E-state index is 0.110. The van der Waals surface area contributed by atoms with Crippen LogP contribution in [0.1, 0.15) is 29.5 Å². The van der Waals surface area contributed by atoms with Crippen molar-refractivity contribution in [2.45, 2.75) is 25.3 Å². The van der Waals surface area contributed by atoms with E-state index in [4.69, 9.17) is 14.5 Å². The Morgan fingerprint density at radius 2 is 1.90 bits per heavy atom. The van der Waals surface area contributed by atoms with Gasteiger partial charge in [0, 0.05) is 12.5 Å². The van der Waals surface area contributed by atoms with Crippen molar-refractivity contribution in [3.8, 4) is 11.5 Å². The van der Waals surface area contributed by atoms with Crippen LogP contribution >= 0.6 is 11.3 Å². The van der Waals surface area contributed by atoms with E-state index in [1.54, 1.807) is 25.6 Å². The molecule has 0 bridgehead atoms. The van der Waals surface area contributed by atoms with Crippen LogP contribution in [-0.2, 0) is 11.2 Å². The number of thiazole rings is 1. The van der Waals surface area contributed by atoms with E-state index in [-0.39, 0.29) is 12.0 Å². The largest absolute Gasteiger partial charge is 0.497 e. The minimum absolute atomic E-state index is 0.110. The first kappa shape index (κ1) is 19.9. The SMILES string of the molecule is COc1ccc(CCN2CCC(C=O)CC2c2nc3ccc(OC)cc3s2)cc1. The molecule has 2 atom stereocenters. The zero-order valence-electron chi connectivity index (χ0n) is 16.8. The van der Waals surface area contributed by atoms with Crippen molar-refractivity contribution in [2.75, 3.05) is 27.3 Å². The van der Waals surface area contributed by atoms with Crippen LogP contribution in [0.4, 0.5) is 0 Å². The van der Waals surface area contributed by atoms with Crippen LogP contribution in [0.3, 0.4) is 0 Å². The van der Waals surface area contributed by atoms with Gasteiger partial charge in [0.1, 0.15) is 22.8 Å². The van der Waals surface area contributed by atoms with Gasteiger partial charge in [-0.3, -0.25) is 4.90 Å². The number of methoxy groups -OCH3 is 2. The topological polar surface area (TPSA) is 51.7 Å². The summed E-state index contributed by atoms with van der Waals surface area (Å²) in [6.07, 6.45) is 3.83. The van der Waals surface area contributed by atoms with E-state index in [0.29, 0.717) is 0 Å². The molecule has 0 amide bonds. The van der Waals surface area contributed by atoms with Gasteiger partial charge < -0.3 is 14.3 Å². The molecule has 1 saturated heterocycles. The number of likely N-dealkylation sites (tertiary alicyclic amines) is 1. The Bertz CT molecular complexity index is 970. The summed E-state index contributed by atoms with van der Waals surface area (Å²) in [5, 5.41) is 1.09. The maximum absolute atomic E-state index is 11.5. The summed E-state index contributed by atoms with van der Waals surface area (Å²) >= 11 is 1.71. The van der Waals surface area contributed by atoms with Gasteiger partial charge in [-0.25, -0.2) is 4.98 Å². The molecule has 0 saturated carbocycles. The van der Waals surface area contributed by atoms with Crippen molar-refractivity contribution in [3.63, 3.8) is 0 Å². The van der Waals surface area contributed by atoms with Gasteiger partial charge in [-0.05, 0) is 61.7 Å². The molecule has 6 heteroatoms. The average Bonchev–Trinajstić information content (AvgIpc) is 3.21. The number of carbonyl (C=O) groups excluding carboxylic acids is 1. The Kier molecular flexibility index (Phi) is 6.11. The number of aldehydes is 1. The number of fused-ring (bicyclic) bond motifs is 1. The van der Waals surface area contributed by atoms with Gasteiger partial charge in [-0.2, -0.15) is 0 Å². The van der Waals surface area contributed by atoms with Gasteiger partial charge in [0.05, 0.1) is 30.5 Å². The lowest BCUT2D eigenvalue weighted by Gasteiger charge is -2.37. The molecule has 4 rings (SSSR count). The van der Waals surface area contributed by atoms with E-state index >= 15 is 0 Å². The molecule has 2 aromatic carbocycles. The third-order valence-electron chi connectivity index (χ3n) is 5.69. The zero-order chi connectivity index (χ0) is 20.2. The molecule has 1 fully saturated rings. The normalized spacial score (nSPS) is 19.9. The van der Waals surface area contributed by atoms with Crippen molar-refractivity contribution in [1.82, 2.24) is 9.88 Å². The van der Waals surface area contributed by atoms with Crippen LogP contribution in [0.2, 0.25) is 0 Å². The molecule has 1 aromatic heterocycles. The minimum Gasteiger partial charge on any atom is -0.497 e. The molecule has 0 radical (unpaired) electrons. The first-order chi connectivity index (χ1) is 14.2. The fraction of sp³-hybridized carbons (Fsp3) is 0.391. The Labute approximate surface area is 175 Å². The predicted octanol–water partition coefficient (Wildman–Crippen LogP) is 4.51. The van der Waals surface area contributed by atoms with E-state index in [1.165, 1.54) is 5.56 Å². The summed E-state index contributed by atoms with van der Waals surface area (Å²) in [6.45, 7) is 1.87. The van der Waals surface area contributed by atoms with Crippen molar-refractivity contribution < 1.29 is 14.3 Å². The van der Waals surface area contributed by atoms with Crippen molar-refractivity contribution >= 4 is 27.8 Å². The number of rotatable bonds is 7. The summed E-state index contributed by atoms with van der Waals surface area (Å²) in [5.74, 6) is 1.83. The number of carbonyl (C=O) groups is 1. The van der Waals surface area contributed by atoms with Gasteiger partial charge in [0.25, 0.3) is 0 Å². The third-order valence-corrected chi connectivity index (χ3v) is 6.81. The highest BCUT2D eigenvalue weighted by molar-refractivity contribution is 7.18. The first-order valence-electron chi connectivity index (χ1n) is 9.97. The van der Waals surface area contributed by atoms with Gasteiger partial charge in [-0.15, -0.1) is 11.3 Å². The van der Waals surface area contributed by atoms with E-state index in [9.17, 15) is 4.79 Å². The van der Waals surface area contributed by atoms with Crippen LogP contribution in [0.5, 0.6) is 11.5 Å². The second kappa shape index (κ2) is 8.93. The van der Waals surface area contributed by atoms with E-state index in [2.05, 4.69) is 17.0 Å². The van der Waals surface area contributed by atoms with Crippen molar-refractivity contribution in [3.05, 3.63) is 53.0 Å². The number of nitrogens with zero attached hydrogens (tertiary/aromatic N) is 2.